The van der Waals surface area contributed by atoms with Gasteiger partial charge in [0.15, 0.2) is 0 Å². The van der Waals surface area contributed by atoms with Gasteiger partial charge in [-0.2, -0.15) is 18.4 Å². The van der Waals surface area contributed by atoms with Gasteiger partial charge < -0.3 is 10.5 Å². The molecule has 0 unspecified atom stereocenters. The largest absolute Gasteiger partial charge is 0.433 e. The fourth-order valence-corrected chi connectivity index (χ4v) is 2.35. The van der Waals surface area contributed by atoms with Gasteiger partial charge in [-0.05, 0) is 17.7 Å². The van der Waals surface area contributed by atoms with E-state index in [9.17, 15) is 18.4 Å². The average molecular weight is 307 g/mol. The van der Waals surface area contributed by atoms with Crippen molar-refractivity contribution in [3.63, 3.8) is 0 Å². The Morgan fingerprint density at radius 3 is 2.59 bits per heavy atom. The van der Waals surface area contributed by atoms with Crippen LogP contribution in [0.3, 0.4) is 0 Å². The van der Waals surface area contributed by atoms with E-state index in [1.807, 2.05) is 11.2 Å². The highest BCUT2D eigenvalue weighted by atomic mass is 19.4. The van der Waals surface area contributed by atoms with E-state index >= 15 is 0 Å². The molecule has 0 fully saturated rings. The highest BCUT2D eigenvalue weighted by molar-refractivity contribution is 5.55. The molecule has 6 nitrogen and oxygen atoms in total. The summed E-state index contributed by atoms with van der Waals surface area (Å²) < 4.78 is 44.5. The Bertz CT molecular complexity index is 788. The van der Waals surface area contributed by atoms with E-state index in [0.29, 0.717) is 5.56 Å². The second kappa shape index (κ2) is 4.77. The number of nitriles is 1. The fraction of sp³-hybridized carbons (Fsp3) is 0.154. The first kappa shape index (κ1) is 13.9. The van der Waals surface area contributed by atoms with Crippen molar-refractivity contribution in [3.8, 4) is 11.9 Å². The predicted molar refractivity (Wildman–Crippen MR) is 67.1 cm³/mol. The Morgan fingerprint density at radius 2 is 2.00 bits per heavy atom. The van der Waals surface area contributed by atoms with Crippen LogP contribution >= 0.6 is 0 Å². The fourth-order valence-electron chi connectivity index (χ4n) is 2.35. The number of fused-ring (bicyclic) bond motifs is 1. The van der Waals surface area contributed by atoms with Crippen molar-refractivity contribution in [3.05, 3.63) is 52.8 Å². The minimum Gasteiger partial charge on any atom is -0.420 e. The smallest absolute Gasteiger partial charge is 0.420 e. The lowest BCUT2D eigenvalue weighted by molar-refractivity contribution is -0.141. The normalized spacial score (nSPS) is 17.6. The van der Waals surface area contributed by atoms with Crippen LogP contribution in [0.5, 0.6) is 5.88 Å². The summed E-state index contributed by atoms with van der Waals surface area (Å²) in [6.07, 6.45) is -1.83. The van der Waals surface area contributed by atoms with Gasteiger partial charge >= 0.3 is 6.18 Å². The van der Waals surface area contributed by atoms with Gasteiger partial charge in [0, 0.05) is 12.4 Å². The van der Waals surface area contributed by atoms with Gasteiger partial charge in [0.2, 0.25) is 11.8 Å². The Kier molecular flexibility index (Phi) is 3.02. The van der Waals surface area contributed by atoms with Gasteiger partial charge in [-0.15, -0.1) is 5.10 Å². The van der Waals surface area contributed by atoms with Crippen LogP contribution in [0.1, 0.15) is 22.7 Å². The van der Waals surface area contributed by atoms with Crippen LogP contribution in [0.25, 0.3) is 0 Å². The van der Waals surface area contributed by atoms with Crippen molar-refractivity contribution >= 4 is 0 Å². The lowest BCUT2D eigenvalue weighted by Crippen LogP contribution is -2.22. The van der Waals surface area contributed by atoms with Gasteiger partial charge in [-0.3, -0.25) is 10.1 Å². The number of pyridine rings is 1. The van der Waals surface area contributed by atoms with E-state index in [0.717, 1.165) is 0 Å². The van der Waals surface area contributed by atoms with Gasteiger partial charge in [0.05, 0.1) is 11.5 Å². The number of nitrogens with zero attached hydrogens (tertiary/aromatic N) is 3. The number of H-pyrrole nitrogens is 1. The summed E-state index contributed by atoms with van der Waals surface area (Å²) in [7, 11) is 0. The Labute approximate surface area is 122 Å². The highest BCUT2D eigenvalue weighted by Crippen LogP contribution is 2.46. The second-order valence-electron chi connectivity index (χ2n) is 4.52. The Morgan fingerprint density at radius 1 is 1.32 bits per heavy atom. The number of aromatic amines is 1. The average Bonchev–Trinajstić information content (AvgIpc) is 2.90. The zero-order valence-electron chi connectivity index (χ0n) is 10.8. The molecule has 3 heterocycles. The van der Waals surface area contributed by atoms with E-state index in [2.05, 4.69) is 10.1 Å². The quantitative estimate of drug-likeness (QED) is 0.839. The first-order chi connectivity index (χ1) is 10.4. The van der Waals surface area contributed by atoms with Gasteiger partial charge in [-0.1, -0.05) is 0 Å². The summed E-state index contributed by atoms with van der Waals surface area (Å²) in [5.74, 6) is -1.57. The standard InChI is InChI=1S/C13H8F3N5O/c14-13(15,16)10-9-8(6-1-3-19-4-2-6)7(5-17)11(18)22-12(9)21-20-10/h1-4,8H,18H2,(H,20,21)/t8-/m1/s1. The molecule has 1 aliphatic heterocycles. The molecule has 3 N–H and O–H groups in total. The van der Waals surface area contributed by atoms with Gasteiger partial charge in [-0.25, -0.2) is 0 Å². The van der Waals surface area contributed by atoms with Crippen LogP contribution in [-0.4, -0.2) is 15.2 Å². The summed E-state index contributed by atoms with van der Waals surface area (Å²) in [6, 6.07) is 4.83. The highest BCUT2D eigenvalue weighted by Gasteiger charge is 2.44. The number of nitrogens with two attached hydrogens (primary N) is 1. The summed E-state index contributed by atoms with van der Waals surface area (Å²) in [4.78, 5) is 3.82. The first-order valence-corrected chi connectivity index (χ1v) is 6.06. The molecule has 0 aromatic carbocycles. The first-order valence-electron chi connectivity index (χ1n) is 6.06. The van der Waals surface area contributed by atoms with Crippen molar-refractivity contribution in [2.45, 2.75) is 12.1 Å². The molecule has 0 amide bonds. The summed E-state index contributed by atoms with van der Waals surface area (Å²) >= 11 is 0. The molecule has 1 atom stereocenters. The maximum Gasteiger partial charge on any atom is 0.433 e. The Hall–Kier alpha value is -3.02. The third-order valence-corrected chi connectivity index (χ3v) is 3.26. The molecule has 0 saturated heterocycles. The monoisotopic (exact) mass is 307 g/mol. The molecule has 0 aliphatic carbocycles. The molecule has 3 rings (SSSR count). The number of halogens is 3. The molecule has 0 spiro atoms. The SMILES string of the molecule is N#CC1=C(N)Oc2n[nH]c(C(F)(F)F)c2[C@@H]1c1ccncc1. The van der Waals surface area contributed by atoms with Gasteiger partial charge in [0.25, 0.3) is 0 Å². The minimum atomic E-state index is -4.66. The third kappa shape index (κ3) is 2.05. The van der Waals surface area contributed by atoms with E-state index in [1.54, 1.807) is 0 Å². The number of hydrogen-bond acceptors (Lipinski definition) is 5. The molecule has 2 aromatic heterocycles. The number of aromatic nitrogens is 3. The lowest BCUT2D eigenvalue weighted by atomic mass is 9.84. The molecule has 0 saturated carbocycles. The van der Waals surface area contributed by atoms with Crippen LogP contribution in [0.4, 0.5) is 13.2 Å². The van der Waals surface area contributed by atoms with E-state index in [1.165, 1.54) is 24.5 Å². The minimum absolute atomic E-state index is 0.106. The number of allylic oxidation sites excluding steroid dienone is 1. The molecule has 1 aliphatic rings. The van der Waals surface area contributed by atoms with Crippen molar-refractivity contribution < 1.29 is 17.9 Å². The lowest BCUT2D eigenvalue weighted by Gasteiger charge is -2.24. The maximum absolute atomic E-state index is 13.2. The molecule has 112 valence electrons. The zero-order valence-corrected chi connectivity index (χ0v) is 10.8. The van der Waals surface area contributed by atoms with Crippen molar-refractivity contribution in [1.82, 2.24) is 15.2 Å². The molecular weight excluding hydrogens is 299 g/mol. The molecule has 22 heavy (non-hydrogen) atoms. The maximum atomic E-state index is 13.2. The second-order valence-corrected chi connectivity index (χ2v) is 4.52. The van der Waals surface area contributed by atoms with Crippen molar-refractivity contribution in [2.75, 3.05) is 0 Å². The zero-order chi connectivity index (χ0) is 15.9. The molecule has 0 radical (unpaired) electrons. The summed E-state index contributed by atoms with van der Waals surface area (Å²) in [5, 5.41) is 14.7. The van der Waals surface area contributed by atoms with E-state index in [4.69, 9.17) is 10.5 Å². The van der Waals surface area contributed by atoms with Crippen LogP contribution in [0.15, 0.2) is 36.0 Å². The van der Waals surface area contributed by atoms with E-state index in [-0.39, 0.29) is 22.9 Å². The molecule has 0 bridgehead atoms. The predicted octanol–water partition coefficient (Wildman–Crippen LogP) is 2.04. The molecule has 9 heteroatoms. The van der Waals surface area contributed by atoms with Crippen LogP contribution in [0.2, 0.25) is 0 Å². The van der Waals surface area contributed by atoms with Gasteiger partial charge in [0.1, 0.15) is 17.3 Å². The number of nitrogens with one attached hydrogen (secondary N) is 1. The topological polar surface area (TPSA) is 101 Å². The van der Waals surface area contributed by atoms with Crippen LogP contribution < -0.4 is 10.5 Å². The summed E-state index contributed by atoms with van der Waals surface area (Å²) in [6.45, 7) is 0. The Balaban J connectivity index is 2.27. The number of rotatable bonds is 1. The van der Waals surface area contributed by atoms with Crippen molar-refractivity contribution in [2.24, 2.45) is 5.73 Å². The molecule has 2 aromatic rings. The van der Waals surface area contributed by atoms with Crippen LogP contribution in [-0.2, 0) is 6.18 Å². The molecular formula is C13H8F3N5O. The number of alkyl halides is 3. The number of hydrogen-bond donors (Lipinski definition) is 2. The summed E-state index contributed by atoms with van der Waals surface area (Å²) in [5.41, 5.74) is 4.64. The van der Waals surface area contributed by atoms with Crippen molar-refractivity contribution in [1.29, 1.82) is 5.26 Å². The number of ether oxygens (including phenoxy) is 1. The van der Waals surface area contributed by atoms with Crippen LogP contribution in [0, 0.1) is 11.3 Å². The third-order valence-electron chi connectivity index (χ3n) is 3.26. The van der Waals surface area contributed by atoms with E-state index < -0.39 is 17.8 Å².